The second-order valence-corrected chi connectivity index (χ2v) is 11.5. The van der Waals surface area contributed by atoms with E-state index >= 15 is 0 Å². The third-order valence-corrected chi connectivity index (χ3v) is 7.88. The van der Waals surface area contributed by atoms with Crippen molar-refractivity contribution < 1.29 is 0 Å². The molecule has 0 radical (unpaired) electrons. The quantitative estimate of drug-likeness (QED) is 0.232. The average molecular weight is 509 g/mol. The van der Waals surface area contributed by atoms with Crippen LogP contribution in [0.2, 0.25) is 0 Å². The summed E-state index contributed by atoms with van der Waals surface area (Å²) < 4.78 is 0. The summed E-state index contributed by atoms with van der Waals surface area (Å²) in [6.07, 6.45) is 3.60. The monoisotopic (exact) mass is 508 g/mol. The first-order valence-electron chi connectivity index (χ1n) is 12.1. The van der Waals surface area contributed by atoms with Crippen molar-refractivity contribution in [1.29, 1.82) is 0 Å². The third kappa shape index (κ3) is 6.77. The number of nitrogens with zero attached hydrogens (tertiary/aromatic N) is 2. The standard InChI is InChI=1S/C32H32N2S2/c1-21-7-11-27(12-8-21)35-29-17-23(3)31(24(4)18-29)33-15-16-34-32-25(5)19-30(20-26(32)6)36-28-13-9-22(2)10-14-28/h7-20H,1-6H3. The molecule has 0 aliphatic carbocycles. The van der Waals surface area contributed by atoms with Gasteiger partial charge in [-0.3, -0.25) is 9.98 Å². The van der Waals surface area contributed by atoms with Crippen molar-refractivity contribution >= 4 is 47.3 Å². The molecule has 4 aromatic rings. The van der Waals surface area contributed by atoms with E-state index in [0.29, 0.717) is 0 Å². The second kappa shape index (κ2) is 11.8. The number of hydrogen-bond acceptors (Lipinski definition) is 4. The minimum atomic E-state index is 1.01. The van der Waals surface area contributed by atoms with Gasteiger partial charge in [0.15, 0.2) is 0 Å². The van der Waals surface area contributed by atoms with Gasteiger partial charge in [0.1, 0.15) is 0 Å². The minimum absolute atomic E-state index is 1.01. The Kier molecular flexibility index (Phi) is 8.50. The summed E-state index contributed by atoms with van der Waals surface area (Å²) in [6, 6.07) is 26.1. The van der Waals surface area contributed by atoms with Crippen molar-refractivity contribution in [2.75, 3.05) is 0 Å². The van der Waals surface area contributed by atoms with Gasteiger partial charge in [0.05, 0.1) is 11.4 Å². The van der Waals surface area contributed by atoms with E-state index in [1.165, 1.54) is 53.0 Å². The predicted molar refractivity (Wildman–Crippen MR) is 159 cm³/mol. The molecule has 0 bridgehead atoms. The first kappa shape index (κ1) is 26.0. The Morgan fingerprint density at radius 2 is 0.750 bits per heavy atom. The number of aliphatic imine (C=N–C) groups is 2. The first-order valence-corrected chi connectivity index (χ1v) is 13.7. The van der Waals surface area contributed by atoms with Crippen LogP contribution in [0.25, 0.3) is 0 Å². The highest BCUT2D eigenvalue weighted by molar-refractivity contribution is 7.99. The Balaban J connectivity index is 1.45. The van der Waals surface area contributed by atoms with E-state index in [-0.39, 0.29) is 0 Å². The van der Waals surface area contributed by atoms with Gasteiger partial charge in [0.2, 0.25) is 0 Å². The molecule has 0 heterocycles. The van der Waals surface area contributed by atoms with E-state index in [4.69, 9.17) is 9.98 Å². The van der Waals surface area contributed by atoms with Crippen molar-refractivity contribution in [2.24, 2.45) is 9.98 Å². The average Bonchev–Trinajstić information content (AvgIpc) is 2.82. The topological polar surface area (TPSA) is 24.7 Å². The third-order valence-electron chi connectivity index (χ3n) is 5.92. The van der Waals surface area contributed by atoms with Crippen LogP contribution in [-0.2, 0) is 0 Å². The number of hydrogen-bond donors (Lipinski definition) is 0. The van der Waals surface area contributed by atoms with Crippen molar-refractivity contribution in [1.82, 2.24) is 0 Å². The maximum absolute atomic E-state index is 4.73. The van der Waals surface area contributed by atoms with E-state index in [1.54, 1.807) is 36.0 Å². The molecule has 2 nitrogen and oxygen atoms in total. The molecule has 182 valence electrons. The SMILES string of the molecule is Cc1ccc(Sc2cc(C)c(N=CC=Nc3c(C)cc(Sc4ccc(C)cc4)cc3C)c(C)c2)cc1. The molecule has 4 aromatic carbocycles. The molecule has 0 amide bonds. The molecule has 0 aliphatic rings. The summed E-state index contributed by atoms with van der Waals surface area (Å²) in [5.41, 5.74) is 9.23. The summed E-state index contributed by atoms with van der Waals surface area (Å²) >= 11 is 3.57. The van der Waals surface area contributed by atoms with Crippen LogP contribution in [0.15, 0.2) is 102 Å². The molecule has 0 fully saturated rings. The van der Waals surface area contributed by atoms with E-state index in [0.717, 1.165) is 11.4 Å². The molecule has 0 unspecified atom stereocenters. The smallest absolute Gasteiger partial charge is 0.0689 e. The molecule has 0 aromatic heterocycles. The zero-order valence-corrected chi connectivity index (χ0v) is 23.4. The Morgan fingerprint density at radius 1 is 0.444 bits per heavy atom. The van der Waals surface area contributed by atoms with Gasteiger partial charge in [-0.25, -0.2) is 0 Å². The van der Waals surface area contributed by atoms with E-state index in [9.17, 15) is 0 Å². The lowest BCUT2D eigenvalue weighted by Crippen LogP contribution is -1.87. The van der Waals surface area contributed by atoms with Crippen LogP contribution in [-0.4, -0.2) is 12.4 Å². The van der Waals surface area contributed by atoms with Gasteiger partial charge in [-0.1, -0.05) is 58.9 Å². The molecule has 0 spiro atoms. The number of rotatable bonds is 7. The van der Waals surface area contributed by atoms with Gasteiger partial charge < -0.3 is 0 Å². The normalized spacial score (nSPS) is 11.6. The van der Waals surface area contributed by atoms with Crippen molar-refractivity contribution in [3.63, 3.8) is 0 Å². The zero-order valence-electron chi connectivity index (χ0n) is 21.8. The lowest BCUT2D eigenvalue weighted by Gasteiger charge is -2.09. The van der Waals surface area contributed by atoms with Gasteiger partial charge in [-0.05, 0) is 112 Å². The van der Waals surface area contributed by atoms with Gasteiger partial charge in [-0.15, -0.1) is 0 Å². The predicted octanol–water partition coefficient (Wildman–Crippen LogP) is 9.94. The summed E-state index contributed by atoms with van der Waals surface area (Å²) in [5.74, 6) is 0. The van der Waals surface area contributed by atoms with Gasteiger partial charge in [0.25, 0.3) is 0 Å². The summed E-state index contributed by atoms with van der Waals surface area (Å²) in [4.78, 5) is 14.4. The van der Waals surface area contributed by atoms with Crippen molar-refractivity contribution in [3.8, 4) is 0 Å². The largest absolute Gasteiger partial charge is 0.255 e. The second-order valence-electron chi connectivity index (χ2n) is 9.20. The van der Waals surface area contributed by atoms with Crippen LogP contribution >= 0.6 is 23.5 Å². The highest BCUT2D eigenvalue weighted by atomic mass is 32.2. The molecule has 36 heavy (non-hydrogen) atoms. The minimum Gasteiger partial charge on any atom is -0.255 e. The van der Waals surface area contributed by atoms with Gasteiger partial charge in [0, 0.05) is 32.0 Å². The van der Waals surface area contributed by atoms with E-state index < -0.39 is 0 Å². The Morgan fingerprint density at radius 3 is 1.06 bits per heavy atom. The Labute approximate surface area is 224 Å². The summed E-state index contributed by atoms with van der Waals surface area (Å²) in [5, 5.41) is 0. The molecule has 0 N–H and O–H groups in total. The fraction of sp³-hybridized carbons (Fsp3) is 0.188. The van der Waals surface area contributed by atoms with Gasteiger partial charge >= 0.3 is 0 Å². The maximum Gasteiger partial charge on any atom is 0.0689 e. The lowest BCUT2D eigenvalue weighted by molar-refractivity contribution is 1.26. The van der Waals surface area contributed by atoms with Crippen LogP contribution < -0.4 is 0 Å². The van der Waals surface area contributed by atoms with E-state index in [1.807, 2.05) is 0 Å². The highest BCUT2D eigenvalue weighted by Gasteiger charge is 2.07. The maximum atomic E-state index is 4.73. The van der Waals surface area contributed by atoms with Crippen LogP contribution in [0, 0.1) is 41.5 Å². The van der Waals surface area contributed by atoms with Crippen LogP contribution in [0.5, 0.6) is 0 Å². The summed E-state index contributed by atoms with van der Waals surface area (Å²) in [7, 11) is 0. The molecule has 4 rings (SSSR count). The van der Waals surface area contributed by atoms with Crippen molar-refractivity contribution in [3.05, 3.63) is 106 Å². The fourth-order valence-corrected chi connectivity index (χ4v) is 6.09. The molecule has 0 saturated carbocycles. The Bertz CT molecular complexity index is 1260. The van der Waals surface area contributed by atoms with E-state index in [2.05, 4.69) is 114 Å². The van der Waals surface area contributed by atoms with Gasteiger partial charge in [-0.2, -0.15) is 0 Å². The molecule has 4 heteroatoms. The highest BCUT2D eigenvalue weighted by Crippen LogP contribution is 2.35. The fourth-order valence-electron chi connectivity index (χ4n) is 4.06. The molecule has 0 atom stereocenters. The zero-order chi connectivity index (χ0) is 25.7. The molecule has 0 aliphatic heterocycles. The van der Waals surface area contributed by atoms with Crippen LogP contribution in [0.4, 0.5) is 11.4 Å². The number of benzene rings is 4. The number of aryl methyl sites for hydroxylation is 6. The molecule has 0 saturated heterocycles. The van der Waals surface area contributed by atoms with Crippen molar-refractivity contribution in [2.45, 2.75) is 61.1 Å². The Hall–Kier alpha value is -3.08. The molecular formula is C32H32N2S2. The van der Waals surface area contributed by atoms with Crippen LogP contribution in [0.3, 0.4) is 0 Å². The first-order chi connectivity index (χ1) is 17.3. The summed E-state index contributed by atoms with van der Waals surface area (Å²) in [6.45, 7) is 12.7. The lowest BCUT2D eigenvalue weighted by atomic mass is 10.1. The van der Waals surface area contributed by atoms with Crippen LogP contribution in [0.1, 0.15) is 33.4 Å². The molecular weight excluding hydrogens is 477 g/mol.